The molecule has 0 radical (unpaired) electrons. The minimum atomic E-state index is -4.41. The van der Waals surface area contributed by atoms with Crippen molar-refractivity contribution >= 4 is 6.03 Å². The Morgan fingerprint density at radius 3 is 2.37 bits per heavy atom. The SMILES string of the molecule is COc1ccc(CNC(=O)NC2CCC(Oc3ccc(C(F)(F)F)cn3)CC2)cc1. The van der Waals surface area contributed by atoms with E-state index in [1.807, 2.05) is 24.3 Å². The highest BCUT2D eigenvalue weighted by Crippen LogP contribution is 2.30. The standard InChI is InChI=1S/C21H24F3N3O3/c1-29-17-7-2-14(3-8-17)12-26-20(28)27-16-5-9-18(10-6-16)30-19-11-4-15(13-25-19)21(22,23)24/h2-4,7-8,11,13,16,18H,5-6,9-10,12H2,1H3,(H2,26,27,28). The summed E-state index contributed by atoms with van der Waals surface area (Å²) in [7, 11) is 1.60. The van der Waals surface area contributed by atoms with Crippen molar-refractivity contribution in [2.45, 2.75) is 50.6 Å². The molecule has 1 aliphatic rings. The number of benzene rings is 1. The van der Waals surface area contributed by atoms with E-state index >= 15 is 0 Å². The number of nitrogens with zero attached hydrogens (tertiary/aromatic N) is 1. The number of hydrogen-bond acceptors (Lipinski definition) is 4. The van der Waals surface area contributed by atoms with E-state index in [4.69, 9.17) is 9.47 Å². The van der Waals surface area contributed by atoms with Crippen molar-refractivity contribution in [2.75, 3.05) is 7.11 Å². The number of nitrogens with one attached hydrogen (secondary N) is 2. The average Bonchev–Trinajstić information content (AvgIpc) is 2.74. The van der Waals surface area contributed by atoms with Crippen LogP contribution in [0.3, 0.4) is 0 Å². The third-order valence-corrected chi connectivity index (χ3v) is 4.97. The van der Waals surface area contributed by atoms with Crippen molar-refractivity contribution in [3.63, 3.8) is 0 Å². The quantitative estimate of drug-likeness (QED) is 0.727. The normalized spacial score (nSPS) is 19.1. The summed E-state index contributed by atoms with van der Waals surface area (Å²) in [5.41, 5.74) is 0.163. The van der Waals surface area contributed by atoms with Crippen LogP contribution in [0.15, 0.2) is 42.6 Å². The lowest BCUT2D eigenvalue weighted by atomic mass is 9.93. The molecule has 0 aliphatic heterocycles. The molecular formula is C21H24F3N3O3. The molecule has 162 valence electrons. The molecule has 1 aromatic carbocycles. The number of hydrogen-bond donors (Lipinski definition) is 2. The van der Waals surface area contributed by atoms with E-state index in [1.54, 1.807) is 7.11 Å². The molecule has 1 heterocycles. The molecular weight excluding hydrogens is 399 g/mol. The van der Waals surface area contributed by atoms with Crippen molar-refractivity contribution < 1.29 is 27.4 Å². The topological polar surface area (TPSA) is 72.5 Å². The molecule has 6 nitrogen and oxygen atoms in total. The molecule has 1 fully saturated rings. The van der Waals surface area contributed by atoms with Gasteiger partial charge in [-0.25, -0.2) is 9.78 Å². The first-order valence-corrected chi connectivity index (χ1v) is 9.70. The summed E-state index contributed by atoms with van der Waals surface area (Å²) in [5, 5.41) is 5.78. The summed E-state index contributed by atoms with van der Waals surface area (Å²) in [6.45, 7) is 0.411. The van der Waals surface area contributed by atoms with E-state index in [-0.39, 0.29) is 24.1 Å². The molecule has 0 atom stereocenters. The lowest BCUT2D eigenvalue weighted by molar-refractivity contribution is -0.137. The van der Waals surface area contributed by atoms with Crippen LogP contribution in [0.5, 0.6) is 11.6 Å². The van der Waals surface area contributed by atoms with Gasteiger partial charge < -0.3 is 20.1 Å². The zero-order chi connectivity index (χ0) is 21.6. The lowest BCUT2D eigenvalue weighted by Crippen LogP contribution is -2.44. The summed E-state index contributed by atoms with van der Waals surface area (Å²) in [5.74, 6) is 0.935. The van der Waals surface area contributed by atoms with Crippen LogP contribution in [-0.2, 0) is 12.7 Å². The molecule has 2 aromatic rings. The second kappa shape index (κ2) is 9.69. The summed E-state index contributed by atoms with van der Waals surface area (Å²) in [4.78, 5) is 15.9. The Labute approximate surface area is 172 Å². The predicted molar refractivity (Wildman–Crippen MR) is 104 cm³/mol. The fourth-order valence-corrected chi connectivity index (χ4v) is 3.28. The van der Waals surface area contributed by atoms with Crippen LogP contribution in [0.2, 0.25) is 0 Å². The highest BCUT2D eigenvalue weighted by molar-refractivity contribution is 5.74. The fraction of sp³-hybridized carbons (Fsp3) is 0.429. The molecule has 2 N–H and O–H groups in total. The zero-order valence-corrected chi connectivity index (χ0v) is 16.5. The zero-order valence-electron chi connectivity index (χ0n) is 16.5. The minimum absolute atomic E-state index is 0.0290. The van der Waals surface area contributed by atoms with Gasteiger partial charge in [-0.05, 0) is 49.4 Å². The first kappa shape index (κ1) is 21.7. The van der Waals surface area contributed by atoms with E-state index in [0.29, 0.717) is 19.4 Å². The highest BCUT2D eigenvalue weighted by Gasteiger charge is 2.31. The maximum absolute atomic E-state index is 12.6. The molecule has 0 unspecified atom stereocenters. The van der Waals surface area contributed by atoms with Gasteiger partial charge in [0.25, 0.3) is 0 Å². The Hall–Kier alpha value is -2.97. The van der Waals surface area contributed by atoms with Crippen LogP contribution in [0, 0.1) is 0 Å². The number of alkyl halides is 3. The van der Waals surface area contributed by atoms with Crippen LogP contribution in [0.25, 0.3) is 0 Å². The highest BCUT2D eigenvalue weighted by atomic mass is 19.4. The van der Waals surface area contributed by atoms with Gasteiger partial charge in [-0.1, -0.05) is 12.1 Å². The number of ether oxygens (including phenoxy) is 2. The number of amides is 2. The van der Waals surface area contributed by atoms with Crippen LogP contribution in [-0.4, -0.2) is 30.3 Å². The molecule has 2 amide bonds. The maximum atomic E-state index is 12.6. The third-order valence-electron chi connectivity index (χ3n) is 4.97. The number of carbonyl (C=O) groups is 1. The van der Waals surface area contributed by atoms with Gasteiger partial charge in [0.1, 0.15) is 11.9 Å². The number of aromatic nitrogens is 1. The smallest absolute Gasteiger partial charge is 0.417 e. The van der Waals surface area contributed by atoms with E-state index in [0.717, 1.165) is 36.4 Å². The van der Waals surface area contributed by atoms with Crippen molar-refractivity contribution in [3.05, 3.63) is 53.7 Å². The van der Waals surface area contributed by atoms with Crippen LogP contribution in [0.4, 0.5) is 18.0 Å². The number of rotatable bonds is 6. The molecule has 1 aromatic heterocycles. The molecule has 0 spiro atoms. The van der Waals surface area contributed by atoms with Gasteiger partial charge in [0.05, 0.1) is 12.7 Å². The predicted octanol–water partition coefficient (Wildman–Crippen LogP) is 4.30. The number of pyridine rings is 1. The molecule has 30 heavy (non-hydrogen) atoms. The van der Waals surface area contributed by atoms with Gasteiger partial charge >= 0.3 is 12.2 Å². The monoisotopic (exact) mass is 423 g/mol. The Bertz CT molecular complexity index is 818. The Morgan fingerprint density at radius 1 is 1.10 bits per heavy atom. The third kappa shape index (κ3) is 6.27. The van der Waals surface area contributed by atoms with Crippen molar-refractivity contribution in [2.24, 2.45) is 0 Å². The van der Waals surface area contributed by atoms with Crippen LogP contribution in [0.1, 0.15) is 36.8 Å². The first-order chi connectivity index (χ1) is 14.3. The molecule has 1 saturated carbocycles. The molecule has 0 bridgehead atoms. The largest absolute Gasteiger partial charge is 0.497 e. The second-order valence-electron chi connectivity index (χ2n) is 7.15. The number of urea groups is 1. The summed E-state index contributed by atoms with van der Waals surface area (Å²) in [6, 6.07) is 9.43. The van der Waals surface area contributed by atoms with Crippen molar-refractivity contribution in [3.8, 4) is 11.6 Å². The Morgan fingerprint density at radius 2 is 1.80 bits per heavy atom. The summed E-state index contributed by atoms with van der Waals surface area (Å²) < 4.78 is 48.5. The summed E-state index contributed by atoms with van der Waals surface area (Å²) in [6.07, 6.45) is -0.950. The van der Waals surface area contributed by atoms with Crippen LogP contribution >= 0.6 is 0 Å². The Kier molecular flexibility index (Phi) is 7.02. The van der Waals surface area contributed by atoms with Crippen LogP contribution < -0.4 is 20.1 Å². The number of carbonyl (C=O) groups excluding carboxylic acids is 1. The van der Waals surface area contributed by atoms with Crippen molar-refractivity contribution in [1.82, 2.24) is 15.6 Å². The maximum Gasteiger partial charge on any atom is 0.417 e. The van der Waals surface area contributed by atoms with Gasteiger partial charge in [0.15, 0.2) is 0 Å². The van der Waals surface area contributed by atoms with Gasteiger partial charge in [-0.2, -0.15) is 13.2 Å². The van der Waals surface area contributed by atoms with Gasteiger partial charge in [0.2, 0.25) is 5.88 Å². The van der Waals surface area contributed by atoms with Crippen molar-refractivity contribution in [1.29, 1.82) is 0 Å². The molecule has 3 rings (SSSR count). The van der Waals surface area contributed by atoms with Gasteiger partial charge in [-0.15, -0.1) is 0 Å². The second-order valence-corrected chi connectivity index (χ2v) is 7.15. The molecule has 1 aliphatic carbocycles. The molecule has 9 heteroatoms. The number of halogens is 3. The first-order valence-electron chi connectivity index (χ1n) is 9.70. The Balaban J connectivity index is 1.38. The van der Waals surface area contributed by atoms with E-state index in [1.165, 1.54) is 6.07 Å². The fourth-order valence-electron chi connectivity index (χ4n) is 3.28. The lowest BCUT2D eigenvalue weighted by Gasteiger charge is -2.29. The summed E-state index contributed by atoms with van der Waals surface area (Å²) >= 11 is 0. The average molecular weight is 423 g/mol. The molecule has 0 saturated heterocycles. The number of methoxy groups -OCH3 is 1. The van der Waals surface area contributed by atoms with E-state index in [9.17, 15) is 18.0 Å². The minimum Gasteiger partial charge on any atom is -0.497 e. The van der Waals surface area contributed by atoms with Gasteiger partial charge in [-0.3, -0.25) is 0 Å². The van der Waals surface area contributed by atoms with E-state index < -0.39 is 11.7 Å². The van der Waals surface area contributed by atoms with Gasteiger partial charge in [0, 0.05) is 24.8 Å². The van der Waals surface area contributed by atoms with E-state index in [2.05, 4.69) is 15.6 Å².